The van der Waals surface area contributed by atoms with Gasteiger partial charge in [0.1, 0.15) is 10.6 Å². The fraction of sp³-hybridized carbons (Fsp3) is 0.571. The zero-order valence-electron chi connectivity index (χ0n) is 12.4. The Hall–Kier alpha value is -1.31. The van der Waals surface area contributed by atoms with Crippen molar-refractivity contribution in [3.05, 3.63) is 18.2 Å². The maximum atomic E-state index is 12.5. The Morgan fingerprint density at radius 1 is 1.38 bits per heavy atom. The van der Waals surface area contributed by atoms with Crippen molar-refractivity contribution >= 4 is 15.7 Å². The van der Waals surface area contributed by atoms with Crippen LogP contribution in [0.5, 0.6) is 5.75 Å². The zero-order chi connectivity index (χ0) is 15.5. The zero-order valence-corrected chi connectivity index (χ0v) is 13.2. The van der Waals surface area contributed by atoms with Gasteiger partial charge in [-0.05, 0) is 36.5 Å². The minimum Gasteiger partial charge on any atom is -0.495 e. The lowest BCUT2D eigenvalue weighted by atomic mass is 9.83. The predicted molar refractivity (Wildman–Crippen MR) is 80.8 cm³/mol. The van der Waals surface area contributed by atoms with E-state index in [4.69, 9.17) is 15.2 Å². The van der Waals surface area contributed by atoms with Crippen molar-refractivity contribution in [2.45, 2.75) is 24.7 Å². The molecule has 7 heteroatoms. The highest BCUT2D eigenvalue weighted by Gasteiger charge is 2.30. The van der Waals surface area contributed by atoms with Crippen molar-refractivity contribution in [1.82, 2.24) is 4.72 Å². The highest BCUT2D eigenvalue weighted by molar-refractivity contribution is 7.89. The minimum atomic E-state index is -3.66. The average molecular weight is 314 g/mol. The van der Waals surface area contributed by atoms with Gasteiger partial charge in [0.15, 0.2) is 0 Å². The lowest BCUT2D eigenvalue weighted by molar-refractivity contribution is 0.0264. The van der Waals surface area contributed by atoms with E-state index >= 15 is 0 Å². The fourth-order valence-corrected chi connectivity index (χ4v) is 3.69. The summed E-state index contributed by atoms with van der Waals surface area (Å²) in [6.45, 7) is 3.77. The molecule has 0 amide bonds. The molecule has 0 aromatic heterocycles. The van der Waals surface area contributed by atoms with Crippen LogP contribution >= 0.6 is 0 Å². The number of hydrogen-bond donors (Lipinski definition) is 2. The maximum Gasteiger partial charge on any atom is 0.244 e. The molecule has 0 radical (unpaired) electrons. The standard InChI is InChI=1S/C14H22N2O4S/c1-14(5-7-20-8-6-14)10-16-21(17,18)13-9-11(15)3-4-12(13)19-2/h3-4,9,16H,5-8,10,15H2,1-2H3. The summed E-state index contributed by atoms with van der Waals surface area (Å²) in [6, 6.07) is 4.57. The quantitative estimate of drug-likeness (QED) is 0.801. The van der Waals surface area contributed by atoms with Crippen LogP contribution in [0.3, 0.4) is 0 Å². The van der Waals surface area contributed by atoms with Crippen molar-refractivity contribution in [3.8, 4) is 5.75 Å². The molecule has 1 aromatic rings. The third kappa shape index (κ3) is 3.87. The highest BCUT2D eigenvalue weighted by atomic mass is 32.2. The normalized spacial score (nSPS) is 18.4. The number of nitrogen functional groups attached to an aromatic ring is 1. The Morgan fingerprint density at radius 3 is 2.67 bits per heavy atom. The van der Waals surface area contributed by atoms with Crippen molar-refractivity contribution < 1.29 is 17.9 Å². The van der Waals surface area contributed by atoms with Crippen molar-refractivity contribution in [2.24, 2.45) is 5.41 Å². The van der Waals surface area contributed by atoms with Gasteiger partial charge in [0.05, 0.1) is 7.11 Å². The molecule has 0 aliphatic carbocycles. The SMILES string of the molecule is COc1ccc(N)cc1S(=O)(=O)NCC1(C)CCOCC1. The van der Waals surface area contributed by atoms with Crippen LogP contribution in [0.15, 0.2) is 23.1 Å². The summed E-state index contributed by atoms with van der Waals surface area (Å²) in [7, 11) is -2.22. The average Bonchev–Trinajstić information content (AvgIpc) is 2.46. The summed E-state index contributed by atoms with van der Waals surface area (Å²) >= 11 is 0. The molecule has 0 saturated carbocycles. The van der Waals surface area contributed by atoms with E-state index in [1.54, 1.807) is 12.1 Å². The molecule has 1 fully saturated rings. The smallest absolute Gasteiger partial charge is 0.244 e. The number of hydrogen-bond acceptors (Lipinski definition) is 5. The summed E-state index contributed by atoms with van der Waals surface area (Å²) in [4.78, 5) is 0.0701. The lowest BCUT2D eigenvalue weighted by Crippen LogP contribution is -2.39. The van der Waals surface area contributed by atoms with Crippen LogP contribution in [-0.2, 0) is 14.8 Å². The lowest BCUT2D eigenvalue weighted by Gasteiger charge is -2.33. The van der Waals surface area contributed by atoms with Gasteiger partial charge in [-0.15, -0.1) is 0 Å². The Labute approximate surface area is 125 Å². The first-order chi connectivity index (χ1) is 9.86. The number of ether oxygens (including phenoxy) is 2. The van der Waals surface area contributed by atoms with E-state index < -0.39 is 10.0 Å². The molecular weight excluding hydrogens is 292 g/mol. The monoisotopic (exact) mass is 314 g/mol. The second-order valence-electron chi connectivity index (χ2n) is 5.66. The van der Waals surface area contributed by atoms with Crippen LogP contribution in [0.2, 0.25) is 0 Å². The van der Waals surface area contributed by atoms with Crippen molar-refractivity contribution in [3.63, 3.8) is 0 Å². The van der Waals surface area contributed by atoms with Gasteiger partial charge in [0, 0.05) is 25.4 Å². The van der Waals surface area contributed by atoms with Gasteiger partial charge in [0.2, 0.25) is 10.0 Å². The van der Waals surface area contributed by atoms with Crippen molar-refractivity contribution in [1.29, 1.82) is 0 Å². The molecule has 0 spiro atoms. The predicted octanol–water partition coefficient (Wildman–Crippen LogP) is 1.37. The molecule has 1 aliphatic heterocycles. The summed E-state index contributed by atoms with van der Waals surface area (Å²) < 4.78 is 38.0. The molecule has 1 aliphatic rings. The van der Waals surface area contributed by atoms with Gasteiger partial charge in [-0.25, -0.2) is 13.1 Å². The van der Waals surface area contributed by atoms with E-state index in [2.05, 4.69) is 11.6 Å². The molecule has 6 nitrogen and oxygen atoms in total. The Kier molecular flexibility index (Phi) is 4.75. The number of anilines is 1. The largest absolute Gasteiger partial charge is 0.495 e. The summed E-state index contributed by atoms with van der Waals surface area (Å²) in [6.07, 6.45) is 1.67. The molecule has 2 rings (SSSR count). The number of sulfonamides is 1. The van der Waals surface area contributed by atoms with Crippen molar-refractivity contribution in [2.75, 3.05) is 32.6 Å². The number of benzene rings is 1. The van der Waals surface area contributed by atoms with Gasteiger partial charge < -0.3 is 15.2 Å². The molecular formula is C14H22N2O4S. The second-order valence-corrected chi connectivity index (χ2v) is 7.39. The molecule has 1 heterocycles. The van der Waals surface area contributed by atoms with E-state index in [1.807, 2.05) is 0 Å². The molecule has 0 bridgehead atoms. The van der Waals surface area contributed by atoms with Gasteiger partial charge in [-0.3, -0.25) is 0 Å². The Morgan fingerprint density at radius 2 is 2.05 bits per heavy atom. The summed E-state index contributed by atoms with van der Waals surface area (Å²) in [5.74, 6) is 0.286. The number of methoxy groups -OCH3 is 1. The maximum absolute atomic E-state index is 12.5. The van der Waals surface area contributed by atoms with Gasteiger partial charge in [0.25, 0.3) is 0 Å². The highest BCUT2D eigenvalue weighted by Crippen LogP contribution is 2.30. The molecule has 3 N–H and O–H groups in total. The number of rotatable bonds is 5. The van der Waals surface area contributed by atoms with Gasteiger partial charge in [-0.1, -0.05) is 6.92 Å². The van der Waals surface area contributed by atoms with Gasteiger partial charge >= 0.3 is 0 Å². The third-order valence-electron chi connectivity index (χ3n) is 3.87. The molecule has 1 aromatic carbocycles. The second kappa shape index (κ2) is 6.21. The van der Waals surface area contributed by atoms with E-state index in [-0.39, 0.29) is 16.1 Å². The minimum absolute atomic E-state index is 0.0701. The Bertz CT molecular complexity index is 595. The fourth-order valence-electron chi connectivity index (χ4n) is 2.29. The molecule has 21 heavy (non-hydrogen) atoms. The van der Waals surface area contributed by atoms with Crippen LogP contribution in [0.1, 0.15) is 19.8 Å². The first-order valence-corrected chi connectivity index (χ1v) is 8.36. The molecule has 118 valence electrons. The summed E-state index contributed by atoms with van der Waals surface area (Å²) in [5.41, 5.74) is 5.98. The topological polar surface area (TPSA) is 90.7 Å². The van der Waals surface area contributed by atoms with Crippen LogP contribution in [0, 0.1) is 5.41 Å². The summed E-state index contributed by atoms with van der Waals surface area (Å²) in [5, 5.41) is 0. The van der Waals surface area contributed by atoms with E-state index in [1.165, 1.54) is 13.2 Å². The Balaban J connectivity index is 2.17. The van der Waals surface area contributed by atoms with Crippen LogP contribution < -0.4 is 15.2 Å². The number of nitrogens with one attached hydrogen (secondary N) is 1. The molecule has 0 atom stereocenters. The number of nitrogens with two attached hydrogens (primary N) is 1. The van der Waals surface area contributed by atoms with E-state index in [9.17, 15) is 8.42 Å². The molecule has 1 saturated heterocycles. The van der Waals surface area contributed by atoms with Gasteiger partial charge in [-0.2, -0.15) is 0 Å². The van der Waals surface area contributed by atoms with Crippen LogP contribution in [-0.4, -0.2) is 35.3 Å². The van der Waals surface area contributed by atoms with E-state index in [0.717, 1.165) is 12.8 Å². The van der Waals surface area contributed by atoms with E-state index in [0.29, 0.717) is 25.4 Å². The first kappa shape index (κ1) is 16.1. The molecule has 0 unspecified atom stereocenters. The first-order valence-electron chi connectivity index (χ1n) is 6.87. The third-order valence-corrected chi connectivity index (χ3v) is 5.29. The van der Waals surface area contributed by atoms with Crippen LogP contribution in [0.25, 0.3) is 0 Å². The van der Waals surface area contributed by atoms with Crippen LogP contribution in [0.4, 0.5) is 5.69 Å².